The number of allylic oxidation sites excluding steroid dienone is 1. The van der Waals surface area contributed by atoms with Crippen molar-refractivity contribution in [3.63, 3.8) is 0 Å². The Kier molecular flexibility index (Phi) is 3.00. The van der Waals surface area contributed by atoms with Gasteiger partial charge >= 0.3 is 0 Å². The second-order valence-corrected chi connectivity index (χ2v) is 4.16. The number of hydrogen-bond donors (Lipinski definition) is 0. The van der Waals surface area contributed by atoms with Crippen molar-refractivity contribution in [1.29, 1.82) is 0 Å². The van der Waals surface area contributed by atoms with E-state index in [4.69, 9.17) is 0 Å². The molecule has 0 radical (unpaired) electrons. The van der Waals surface area contributed by atoms with Gasteiger partial charge in [0.05, 0.1) is 0 Å². The number of benzene rings is 1. The van der Waals surface area contributed by atoms with Crippen LogP contribution in [0.25, 0.3) is 0 Å². The first-order valence-corrected chi connectivity index (χ1v) is 5.56. The molecular weight excluding hydrogens is 184 g/mol. The molecule has 1 aromatic carbocycles. The van der Waals surface area contributed by atoms with E-state index in [0.717, 1.165) is 24.8 Å². The Morgan fingerprint density at radius 2 is 1.87 bits per heavy atom. The van der Waals surface area contributed by atoms with Crippen LogP contribution in [0.2, 0.25) is 0 Å². The summed E-state index contributed by atoms with van der Waals surface area (Å²) in [7, 11) is 0. The van der Waals surface area contributed by atoms with Crippen LogP contribution in [-0.4, -0.2) is 5.78 Å². The van der Waals surface area contributed by atoms with Crippen LogP contribution in [-0.2, 0) is 4.79 Å². The first-order valence-electron chi connectivity index (χ1n) is 5.56. The van der Waals surface area contributed by atoms with Crippen LogP contribution in [0.3, 0.4) is 0 Å². The first-order chi connectivity index (χ1) is 7.29. The van der Waals surface area contributed by atoms with Crippen molar-refractivity contribution >= 4 is 5.78 Å². The van der Waals surface area contributed by atoms with Crippen molar-refractivity contribution in [3.8, 4) is 0 Å². The second kappa shape index (κ2) is 4.43. The SMILES string of the molecule is C=C1C(=O)CCCC[C@@H]1c1ccccc1. The number of rotatable bonds is 1. The molecule has 2 rings (SSSR count). The van der Waals surface area contributed by atoms with Crippen molar-refractivity contribution in [1.82, 2.24) is 0 Å². The largest absolute Gasteiger partial charge is 0.295 e. The Morgan fingerprint density at radius 1 is 1.13 bits per heavy atom. The third-order valence-corrected chi connectivity index (χ3v) is 3.13. The van der Waals surface area contributed by atoms with E-state index in [1.807, 2.05) is 18.2 Å². The summed E-state index contributed by atoms with van der Waals surface area (Å²) in [6, 6.07) is 10.2. The molecule has 0 N–H and O–H groups in total. The summed E-state index contributed by atoms with van der Waals surface area (Å²) in [6.45, 7) is 3.96. The molecule has 0 unspecified atom stereocenters. The first kappa shape index (κ1) is 10.2. The lowest BCUT2D eigenvalue weighted by atomic mass is 9.88. The standard InChI is InChI=1S/C14H16O/c1-11-13(9-5-6-10-14(11)15)12-7-3-2-4-8-12/h2-4,7-8,13H,1,5-6,9-10H2/t13-/m0/s1. The van der Waals surface area contributed by atoms with E-state index in [1.54, 1.807) is 0 Å². The lowest BCUT2D eigenvalue weighted by Crippen LogP contribution is -2.07. The average molecular weight is 200 g/mol. The number of hydrogen-bond acceptors (Lipinski definition) is 1. The van der Waals surface area contributed by atoms with E-state index in [9.17, 15) is 4.79 Å². The van der Waals surface area contributed by atoms with Crippen LogP contribution in [0.1, 0.15) is 37.2 Å². The minimum atomic E-state index is 0.251. The molecule has 0 aliphatic heterocycles. The highest BCUT2D eigenvalue weighted by Crippen LogP contribution is 2.32. The lowest BCUT2D eigenvalue weighted by molar-refractivity contribution is -0.115. The highest BCUT2D eigenvalue weighted by atomic mass is 16.1. The minimum Gasteiger partial charge on any atom is -0.295 e. The molecule has 1 heteroatoms. The Morgan fingerprint density at radius 3 is 2.60 bits per heavy atom. The van der Waals surface area contributed by atoms with Crippen molar-refractivity contribution in [2.75, 3.05) is 0 Å². The molecule has 1 atom stereocenters. The topological polar surface area (TPSA) is 17.1 Å². The summed E-state index contributed by atoms with van der Waals surface area (Å²) >= 11 is 0. The van der Waals surface area contributed by atoms with E-state index in [2.05, 4.69) is 18.7 Å². The zero-order valence-corrected chi connectivity index (χ0v) is 8.91. The van der Waals surface area contributed by atoms with E-state index in [1.165, 1.54) is 5.56 Å². The van der Waals surface area contributed by atoms with Crippen LogP contribution < -0.4 is 0 Å². The van der Waals surface area contributed by atoms with Gasteiger partial charge in [-0.2, -0.15) is 0 Å². The number of ketones is 1. The van der Waals surface area contributed by atoms with Gasteiger partial charge in [-0.3, -0.25) is 4.79 Å². The fourth-order valence-electron chi connectivity index (χ4n) is 2.22. The normalized spacial score (nSPS) is 22.5. The number of carbonyl (C=O) groups excluding carboxylic acids is 1. The van der Waals surface area contributed by atoms with E-state index < -0.39 is 0 Å². The summed E-state index contributed by atoms with van der Waals surface area (Å²) in [5.74, 6) is 0.502. The van der Waals surface area contributed by atoms with Gasteiger partial charge in [-0.1, -0.05) is 43.3 Å². The van der Waals surface area contributed by atoms with Gasteiger partial charge in [0, 0.05) is 12.3 Å². The minimum absolute atomic E-state index is 0.251. The molecule has 78 valence electrons. The molecule has 0 heterocycles. The maximum absolute atomic E-state index is 11.7. The maximum Gasteiger partial charge on any atom is 0.158 e. The van der Waals surface area contributed by atoms with Crippen molar-refractivity contribution in [3.05, 3.63) is 48.0 Å². The van der Waals surface area contributed by atoms with Gasteiger partial charge in [0.25, 0.3) is 0 Å². The smallest absolute Gasteiger partial charge is 0.158 e. The third kappa shape index (κ3) is 2.17. The molecule has 1 fully saturated rings. The van der Waals surface area contributed by atoms with Crippen molar-refractivity contribution in [2.24, 2.45) is 0 Å². The molecule has 0 saturated heterocycles. The fourth-order valence-corrected chi connectivity index (χ4v) is 2.22. The zero-order valence-electron chi connectivity index (χ0n) is 8.91. The molecule has 1 aliphatic carbocycles. The van der Waals surface area contributed by atoms with E-state index in [0.29, 0.717) is 6.42 Å². The van der Waals surface area contributed by atoms with Gasteiger partial charge in [-0.05, 0) is 24.0 Å². The number of carbonyl (C=O) groups is 1. The Bertz CT molecular complexity index is 364. The molecule has 1 saturated carbocycles. The molecular formula is C14H16O. The Balaban J connectivity index is 2.27. The molecule has 0 aromatic heterocycles. The highest BCUT2D eigenvalue weighted by molar-refractivity contribution is 5.96. The van der Waals surface area contributed by atoms with Gasteiger partial charge in [0.2, 0.25) is 0 Å². The predicted octanol–water partition coefficient (Wildman–Crippen LogP) is 3.47. The van der Waals surface area contributed by atoms with Crippen LogP contribution >= 0.6 is 0 Å². The van der Waals surface area contributed by atoms with Gasteiger partial charge in [-0.15, -0.1) is 0 Å². The summed E-state index contributed by atoms with van der Waals surface area (Å²) in [5, 5.41) is 0. The Hall–Kier alpha value is -1.37. The van der Waals surface area contributed by atoms with Crippen LogP contribution in [0, 0.1) is 0 Å². The van der Waals surface area contributed by atoms with Gasteiger partial charge in [0.15, 0.2) is 5.78 Å². The predicted molar refractivity (Wildman–Crippen MR) is 61.8 cm³/mol. The monoisotopic (exact) mass is 200 g/mol. The molecule has 15 heavy (non-hydrogen) atoms. The van der Waals surface area contributed by atoms with Crippen LogP contribution in [0.15, 0.2) is 42.5 Å². The average Bonchev–Trinajstić information content (AvgIpc) is 2.44. The second-order valence-electron chi connectivity index (χ2n) is 4.16. The lowest BCUT2D eigenvalue weighted by Gasteiger charge is -2.15. The summed E-state index contributed by atoms with van der Waals surface area (Å²) in [6.07, 6.45) is 3.89. The number of Topliss-reactive ketones (excluding diaryl/α,β-unsaturated/α-hetero) is 1. The molecule has 1 aliphatic rings. The quantitative estimate of drug-likeness (QED) is 0.501. The van der Waals surface area contributed by atoms with Crippen LogP contribution in [0.5, 0.6) is 0 Å². The van der Waals surface area contributed by atoms with Gasteiger partial charge < -0.3 is 0 Å². The maximum atomic E-state index is 11.7. The zero-order chi connectivity index (χ0) is 10.7. The fraction of sp³-hybridized carbons (Fsp3) is 0.357. The summed E-state index contributed by atoms with van der Waals surface area (Å²) in [5.41, 5.74) is 2.04. The van der Waals surface area contributed by atoms with E-state index in [-0.39, 0.29) is 11.7 Å². The molecule has 0 bridgehead atoms. The van der Waals surface area contributed by atoms with Gasteiger partial charge in [-0.25, -0.2) is 0 Å². The molecule has 0 spiro atoms. The highest BCUT2D eigenvalue weighted by Gasteiger charge is 2.22. The summed E-state index contributed by atoms with van der Waals surface area (Å²) < 4.78 is 0. The van der Waals surface area contributed by atoms with Crippen molar-refractivity contribution in [2.45, 2.75) is 31.6 Å². The molecule has 0 amide bonds. The third-order valence-electron chi connectivity index (χ3n) is 3.13. The van der Waals surface area contributed by atoms with Crippen LogP contribution in [0.4, 0.5) is 0 Å². The molecule has 1 aromatic rings. The molecule has 1 nitrogen and oxygen atoms in total. The Labute approximate surface area is 90.8 Å². The van der Waals surface area contributed by atoms with E-state index >= 15 is 0 Å². The van der Waals surface area contributed by atoms with Crippen molar-refractivity contribution < 1.29 is 4.79 Å². The van der Waals surface area contributed by atoms with Gasteiger partial charge in [0.1, 0.15) is 0 Å². The summed E-state index contributed by atoms with van der Waals surface area (Å²) in [4.78, 5) is 11.7.